The molecule has 0 aliphatic rings. The van der Waals surface area contributed by atoms with Crippen LogP contribution in [0, 0.1) is 0 Å². The second kappa shape index (κ2) is 7.28. The molecule has 1 heterocycles. The number of halogens is 1. The lowest BCUT2D eigenvalue weighted by atomic mass is 10.2. The first kappa shape index (κ1) is 17.0. The fraction of sp³-hybridized carbons (Fsp3) is 0.312. The summed E-state index contributed by atoms with van der Waals surface area (Å²) in [4.78, 5) is 24.2. The molecule has 0 bridgehead atoms. The fourth-order valence-electron chi connectivity index (χ4n) is 1.95. The van der Waals surface area contributed by atoms with Gasteiger partial charge in [-0.15, -0.1) is 0 Å². The lowest BCUT2D eigenvalue weighted by molar-refractivity contribution is -0.123. The van der Waals surface area contributed by atoms with E-state index in [4.69, 9.17) is 16.3 Å². The number of anilines is 1. The van der Waals surface area contributed by atoms with Crippen molar-refractivity contribution >= 4 is 29.3 Å². The summed E-state index contributed by atoms with van der Waals surface area (Å²) in [7, 11) is 0. The topological polar surface area (TPSA) is 73.2 Å². The van der Waals surface area contributed by atoms with Crippen molar-refractivity contribution in [3.8, 4) is 0 Å². The predicted octanol–water partition coefficient (Wildman–Crippen LogP) is 3.30. The maximum absolute atomic E-state index is 12.2. The Morgan fingerprint density at radius 2 is 2.00 bits per heavy atom. The third kappa shape index (κ3) is 4.32. The van der Waals surface area contributed by atoms with E-state index in [1.807, 2.05) is 13.8 Å². The Morgan fingerprint density at radius 1 is 1.26 bits per heavy atom. The van der Waals surface area contributed by atoms with Gasteiger partial charge in [0.2, 0.25) is 0 Å². The molecule has 0 aliphatic heterocycles. The highest BCUT2D eigenvalue weighted by Crippen LogP contribution is 2.15. The Balaban J connectivity index is 2.00. The van der Waals surface area contributed by atoms with Crippen LogP contribution in [-0.4, -0.2) is 27.8 Å². The zero-order valence-electron chi connectivity index (χ0n) is 13.1. The van der Waals surface area contributed by atoms with Crippen LogP contribution in [0.3, 0.4) is 0 Å². The van der Waals surface area contributed by atoms with Gasteiger partial charge in [0.05, 0.1) is 11.8 Å². The minimum atomic E-state index is -0.947. The van der Waals surface area contributed by atoms with E-state index in [1.165, 1.54) is 13.0 Å². The first-order chi connectivity index (χ1) is 10.9. The van der Waals surface area contributed by atoms with Crippen LogP contribution in [0.25, 0.3) is 0 Å². The van der Waals surface area contributed by atoms with Crippen molar-refractivity contribution in [2.45, 2.75) is 32.9 Å². The lowest BCUT2D eigenvalue weighted by Crippen LogP contribution is -2.31. The zero-order valence-corrected chi connectivity index (χ0v) is 13.9. The van der Waals surface area contributed by atoms with Crippen molar-refractivity contribution in [3.05, 3.63) is 47.1 Å². The van der Waals surface area contributed by atoms with Crippen LogP contribution in [0.15, 0.2) is 36.5 Å². The molecule has 0 radical (unpaired) electrons. The molecule has 1 aromatic heterocycles. The van der Waals surface area contributed by atoms with Gasteiger partial charge in [0.1, 0.15) is 5.82 Å². The van der Waals surface area contributed by atoms with Crippen LogP contribution in [-0.2, 0) is 9.53 Å². The number of nitrogens with one attached hydrogen (secondary N) is 1. The van der Waals surface area contributed by atoms with Crippen molar-refractivity contribution in [1.82, 2.24) is 9.78 Å². The largest absolute Gasteiger partial charge is 0.449 e. The molecule has 23 heavy (non-hydrogen) atoms. The van der Waals surface area contributed by atoms with Gasteiger partial charge in [-0.2, -0.15) is 5.10 Å². The fourth-order valence-corrected chi connectivity index (χ4v) is 2.14. The summed E-state index contributed by atoms with van der Waals surface area (Å²) in [5.74, 6) is -0.481. The molecular formula is C16H18ClN3O3. The summed E-state index contributed by atoms with van der Waals surface area (Å²) in [6.07, 6.45) is 0.648. The van der Waals surface area contributed by atoms with Crippen molar-refractivity contribution in [3.63, 3.8) is 0 Å². The number of aromatic nitrogens is 2. The Bertz CT molecular complexity index is 712. The number of hydrogen-bond donors (Lipinski definition) is 1. The normalized spacial score (nSPS) is 12.0. The number of ether oxygens (including phenoxy) is 1. The van der Waals surface area contributed by atoms with Crippen LogP contribution in [0.2, 0.25) is 5.02 Å². The Hall–Kier alpha value is -2.34. The summed E-state index contributed by atoms with van der Waals surface area (Å²) in [5.41, 5.74) is 0.296. The molecule has 122 valence electrons. The summed E-state index contributed by atoms with van der Waals surface area (Å²) in [6.45, 7) is 5.41. The van der Waals surface area contributed by atoms with Gasteiger partial charge in [0.15, 0.2) is 6.10 Å². The third-order valence-corrected chi connectivity index (χ3v) is 3.36. The van der Waals surface area contributed by atoms with Gasteiger partial charge >= 0.3 is 5.97 Å². The number of carbonyl (C=O) groups excluding carboxylic acids is 2. The zero-order chi connectivity index (χ0) is 17.0. The summed E-state index contributed by atoms with van der Waals surface area (Å²) in [6, 6.07) is 8.15. The van der Waals surface area contributed by atoms with Crippen LogP contribution in [0.4, 0.5) is 5.82 Å². The van der Waals surface area contributed by atoms with E-state index in [0.717, 1.165) is 0 Å². The smallest absolute Gasteiger partial charge is 0.338 e. The Kier molecular flexibility index (Phi) is 5.39. The minimum absolute atomic E-state index is 0.101. The molecule has 1 atom stereocenters. The number of rotatable bonds is 5. The van der Waals surface area contributed by atoms with E-state index < -0.39 is 18.0 Å². The molecule has 2 aromatic rings. The number of hydrogen-bond acceptors (Lipinski definition) is 4. The molecule has 7 heteroatoms. The van der Waals surface area contributed by atoms with Crippen LogP contribution >= 0.6 is 11.6 Å². The number of nitrogens with zero attached hydrogens (tertiary/aromatic N) is 2. The molecule has 1 aromatic carbocycles. The second-order valence-electron chi connectivity index (χ2n) is 5.30. The van der Waals surface area contributed by atoms with Gasteiger partial charge in [-0.25, -0.2) is 9.48 Å². The lowest BCUT2D eigenvalue weighted by Gasteiger charge is -2.15. The highest BCUT2D eigenvalue weighted by Gasteiger charge is 2.20. The van der Waals surface area contributed by atoms with Crippen LogP contribution < -0.4 is 5.32 Å². The van der Waals surface area contributed by atoms with Gasteiger partial charge in [-0.3, -0.25) is 4.79 Å². The summed E-state index contributed by atoms with van der Waals surface area (Å²) >= 11 is 5.83. The van der Waals surface area contributed by atoms with Crippen molar-refractivity contribution in [1.29, 1.82) is 0 Å². The van der Waals surface area contributed by atoms with E-state index in [1.54, 1.807) is 35.1 Å². The summed E-state index contributed by atoms with van der Waals surface area (Å²) in [5, 5.41) is 7.25. The molecule has 0 saturated heterocycles. The quantitative estimate of drug-likeness (QED) is 0.851. The van der Waals surface area contributed by atoms with E-state index >= 15 is 0 Å². The Labute approximate surface area is 139 Å². The first-order valence-electron chi connectivity index (χ1n) is 7.19. The van der Waals surface area contributed by atoms with Gasteiger partial charge in [0, 0.05) is 17.1 Å². The van der Waals surface area contributed by atoms with Gasteiger partial charge < -0.3 is 10.1 Å². The molecule has 1 amide bonds. The minimum Gasteiger partial charge on any atom is -0.449 e. The molecule has 6 nitrogen and oxygen atoms in total. The van der Waals surface area contributed by atoms with Crippen LogP contribution in [0.5, 0.6) is 0 Å². The number of benzene rings is 1. The van der Waals surface area contributed by atoms with Gasteiger partial charge in [-0.1, -0.05) is 17.7 Å². The molecule has 0 spiro atoms. The standard InChI is InChI=1S/C16H18ClN3O3/c1-10(2)20-14(7-8-18-20)19-15(21)11(3)23-16(22)12-5-4-6-13(17)9-12/h4-11H,1-3H3,(H,19,21)/t11-/m1/s1. The maximum atomic E-state index is 12.2. The van der Waals surface area contributed by atoms with Crippen molar-refractivity contribution in [2.75, 3.05) is 5.32 Å². The van der Waals surface area contributed by atoms with Gasteiger partial charge in [-0.05, 0) is 39.0 Å². The van der Waals surface area contributed by atoms with Crippen molar-refractivity contribution in [2.24, 2.45) is 0 Å². The van der Waals surface area contributed by atoms with Crippen LogP contribution in [0.1, 0.15) is 37.2 Å². The molecule has 0 saturated carbocycles. The van der Waals surface area contributed by atoms with Crippen molar-refractivity contribution < 1.29 is 14.3 Å². The average molecular weight is 336 g/mol. The van der Waals surface area contributed by atoms with E-state index in [9.17, 15) is 9.59 Å². The molecule has 2 rings (SSSR count). The SMILES string of the molecule is CC(C)n1nccc1NC(=O)[C@@H](C)OC(=O)c1cccc(Cl)c1. The first-order valence-corrected chi connectivity index (χ1v) is 7.57. The maximum Gasteiger partial charge on any atom is 0.338 e. The number of carbonyl (C=O) groups is 2. The van der Waals surface area contributed by atoms with E-state index in [-0.39, 0.29) is 6.04 Å². The Morgan fingerprint density at radius 3 is 2.65 bits per heavy atom. The monoisotopic (exact) mass is 335 g/mol. The highest BCUT2D eigenvalue weighted by molar-refractivity contribution is 6.30. The molecular weight excluding hydrogens is 318 g/mol. The summed E-state index contributed by atoms with van der Waals surface area (Å²) < 4.78 is 6.83. The van der Waals surface area contributed by atoms with Gasteiger partial charge in [0.25, 0.3) is 5.91 Å². The predicted molar refractivity (Wildman–Crippen MR) is 87.6 cm³/mol. The molecule has 0 aliphatic carbocycles. The van der Waals surface area contributed by atoms with E-state index in [2.05, 4.69) is 10.4 Å². The average Bonchev–Trinajstić information content (AvgIpc) is 2.95. The number of amides is 1. The molecule has 0 fully saturated rings. The molecule has 1 N–H and O–H groups in total. The molecule has 0 unspecified atom stereocenters. The highest BCUT2D eigenvalue weighted by atomic mass is 35.5. The third-order valence-electron chi connectivity index (χ3n) is 3.12. The van der Waals surface area contributed by atoms with E-state index in [0.29, 0.717) is 16.4 Å². The second-order valence-corrected chi connectivity index (χ2v) is 5.74. The number of esters is 1.